The molecule has 0 bridgehead atoms. The molecule has 0 aromatic rings. The van der Waals surface area contributed by atoms with Crippen molar-refractivity contribution >= 4 is 11.8 Å². The van der Waals surface area contributed by atoms with Crippen LogP contribution >= 0.6 is 11.8 Å². The van der Waals surface area contributed by atoms with E-state index in [-0.39, 0.29) is 11.4 Å². The molecule has 0 aromatic carbocycles. The molecular formula is C14H26FN2S+. The average molecular weight is 273 g/mol. The van der Waals surface area contributed by atoms with Gasteiger partial charge in [0.2, 0.25) is 0 Å². The summed E-state index contributed by atoms with van der Waals surface area (Å²) in [7, 11) is 0. The van der Waals surface area contributed by atoms with Gasteiger partial charge in [-0.2, -0.15) is 0 Å². The standard InChI is InChI=1S/C14H25FN2S/c15-11-6-2-1-5-10(11)9-17-12-7-3-4-8-13(12)18-14(17)16/h10-14H,1-9,16H2/p+1. The Hall–Kier alpha value is 0.200. The van der Waals surface area contributed by atoms with E-state index in [4.69, 9.17) is 5.73 Å². The van der Waals surface area contributed by atoms with Crippen molar-refractivity contribution in [2.45, 2.75) is 74.3 Å². The molecule has 0 amide bonds. The van der Waals surface area contributed by atoms with Crippen molar-refractivity contribution in [2.75, 3.05) is 6.54 Å². The van der Waals surface area contributed by atoms with Crippen LogP contribution in [0.25, 0.3) is 0 Å². The van der Waals surface area contributed by atoms with Gasteiger partial charge in [0.05, 0.1) is 11.8 Å². The predicted octanol–water partition coefficient (Wildman–Crippen LogP) is 1.70. The first kappa shape index (κ1) is 13.2. The van der Waals surface area contributed by atoms with Crippen molar-refractivity contribution in [2.24, 2.45) is 11.7 Å². The second-order valence-electron chi connectivity index (χ2n) is 6.33. The van der Waals surface area contributed by atoms with Gasteiger partial charge in [-0.15, -0.1) is 0 Å². The molecular weight excluding hydrogens is 247 g/mol. The molecule has 1 aliphatic heterocycles. The number of hydrogen-bond acceptors (Lipinski definition) is 2. The summed E-state index contributed by atoms with van der Waals surface area (Å²) in [6.45, 7) is 0.983. The first-order valence-electron chi connectivity index (χ1n) is 7.66. The highest BCUT2D eigenvalue weighted by atomic mass is 32.2. The number of alkyl halides is 1. The lowest BCUT2D eigenvalue weighted by Gasteiger charge is -2.33. The van der Waals surface area contributed by atoms with Gasteiger partial charge in [-0.3, -0.25) is 5.73 Å². The van der Waals surface area contributed by atoms with Crippen molar-refractivity contribution in [1.29, 1.82) is 0 Å². The molecule has 1 saturated heterocycles. The van der Waals surface area contributed by atoms with Gasteiger partial charge >= 0.3 is 0 Å². The lowest BCUT2D eigenvalue weighted by molar-refractivity contribution is -0.933. The molecule has 0 aromatic heterocycles. The van der Waals surface area contributed by atoms with Crippen molar-refractivity contribution in [3.05, 3.63) is 0 Å². The Kier molecular flexibility index (Phi) is 4.16. The van der Waals surface area contributed by atoms with Gasteiger partial charge in [-0.25, -0.2) is 4.39 Å². The van der Waals surface area contributed by atoms with E-state index in [0.717, 1.165) is 31.1 Å². The summed E-state index contributed by atoms with van der Waals surface area (Å²) < 4.78 is 14.0. The lowest BCUT2D eigenvalue weighted by atomic mass is 9.86. The van der Waals surface area contributed by atoms with E-state index in [1.54, 1.807) is 0 Å². The molecule has 2 saturated carbocycles. The van der Waals surface area contributed by atoms with E-state index in [0.29, 0.717) is 6.04 Å². The smallest absolute Gasteiger partial charge is 0.187 e. The van der Waals surface area contributed by atoms with Crippen molar-refractivity contribution in [1.82, 2.24) is 0 Å². The molecule has 6 atom stereocenters. The number of nitrogens with one attached hydrogen (secondary N) is 1. The monoisotopic (exact) mass is 273 g/mol. The minimum atomic E-state index is -0.564. The third-order valence-corrected chi connectivity index (χ3v) is 6.69. The van der Waals surface area contributed by atoms with Crippen molar-refractivity contribution < 1.29 is 9.29 Å². The SMILES string of the molecule is NC1SC2CCCCC2[NH+]1CC1CCCCC1F. The largest absolute Gasteiger partial charge is 0.308 e. The van der Waals surface area contributed by atoms with Gasteiger partial charge in [-0.05, 0) is 25.7 Å². The fraction of sp³-hybridized carbons (Fsp3) is 1.00. The van der Waals surface area contributed by atoms with Crippen LogP contribution in [0.5, 0.6) is 0 Å². The Labute approximate surface area is 114 Å². The quantitative estimate of drug-likeness (QED) is 0.802. The second kappa shape index (κ2) is 5.68. The van der Waals surface area contributed by atoms with E-state index in [1.807, 2.05) is 11.8 Å². The zero-order valence-electron chi connectivity index (χ0n) is 11.1. The highest BCUT2D eigenvalue weighted by Gasteiger charge is 2.46. The first-order chi connectivity index (χ1) is 8.75. The van der Waals surface area contributed by atoms with E-state index in [2.05, 4.69) is 0 Å². The Balaban J connectivity index is 1.63. The van der Waals surface area contributed by atoms with Crippen LogP contribution in [0.3, 0.4) is 0 Å². The summed E-state index contributed by atoms with van der Waals surface area (Å²) in [6, 6.07) is 0.716. The molecule has 3 aliphatic rings. The summed E-state index contributed by atoms with van der Waals surface area (Å²) >= 11 is 1.97. The molecule has 3 rings (SSSR count). The summed E-state index contributed by atoms with van der Waals surface area (Å²) in [5, 5.41) is 0.755. The molecule has 0 radical (unpaired) electrons. The van der Waals surface area contributed by atoms with E-state index >= 15 is 0 Å². The molecule has 1 heterocycles. The molecule has 0 spiro atoms. The molecule has 2 aliphatic carbocycles. The molecule has 3 N–H and O–H groups in total. The van der Waals surface area contributed by atoms with Crippen LogP contribution in [0.2, 0.25) is 0 Å². The Morgan fingerprint density at radius 3 is 2.61 bits per heavy atom. The minimum Gasteiger partial charge on any atom is -0.308 e. The highest BCUT2D eigenvalue weighted by Crippen LogP contribution is 2.33. The zero-order chi connectivity index (χ0) is 12.5. The van der Waals surface area contributed by atoms with Crippen LogP contribution in [0.1, 0.15) is 51.4 Å². The minimum absolute atomic E-state index is 0.201. The number of hydrogen-bond donors (Lipinski definition) is 2. The zero-order valence-corrected chi connectivity index (χ0v) is 11.9. The van der Waals surface area contributed by atoms with Crippen molar-refractivity contribution in [3.63, 3.8) is 0 Å². The topological polar surface area (TPSA) is 30.5 Å². The number of halogens is 1. The van der Waals surface area contributed by atoms with Crippen molar-refractivity contribution in [3.8, 4) is 0 Å². The van der Waals surface area contributed by atoms with Gasteiger partial charge in [0, 0.05) is 12.3 Å². The summed E-state index contributed by atoms with van der Waals surface area (Å²) in [5.41, 5.74) is 6.51. The normalized spacial score (nSPS) is 49.0. The number of quaternary nitrogens is 1. The van der Waals surface area contributed by atoms with Crippen LogP contribution in [0.15, 0.2) is 0 Å². The third-order valence-electron chi connectivity index (χ3n) is 5.18. The number of thioether (sulfide) groups is 1. The van der Waals surface area contributed by atoms with E-state index < -0.39 is 6.17 Å². The maximum atomic E-state index is 14.0. The molecule has 2 nitrogen and oxygen atoms in total. The molecule has 104 valence electrons. The average Bonchev–Trinajstić information content (AvgIpc) is 2.69. The Bertz CT molecular complexity index is 289. The van der Waals surface area contributed by atoms with Gasteiger partial charge in [0.25, 0.3) is 0 Å². The van der Waals surface area contributed by atoms with Crippen LogP contribution in [-0.4, -0.2) is 29.5 Å². The molecule has 4 heteroatoms. The first-order valence-corrected chi connectivity index (χ1v) is 8.60. The molecule has 3 fully saturated rings. The lowest BCUT2D eigenvalue weighted by Crippen LogP contribution is -3.19. The van der Waals surface area contributed by atoms with E-state index in [9.17, 15) is 4.39 Å². The maximum Gasteiger partial charge on any atom is 0.187 e. The summed E-state index contributed by atoms with van der Waals surface area (Å²) in [5.74, 6) is 0.279. The number of fused-ring (bicyclic) bond motifs is 1. The second-order valence-corrected chi connectivity index (χ2v) is 7.71. The van der Waals surface area contributed by atoms with Gasteiger partial charge in [0.1, 0.15) is 12.2 Å². The maximum absolute atomic E-state index is 14.0. The predicted molar refractivity (Wildman–Crippen MR) is 74.3 cm³/mol. The van der Waals surface area contributed by atoms with Crippen LogP contribution in [-0.2, 0) is 0 Å². The third kappa shape index (κ3) is 2.56. The fourth-order valence-electron chi connectivity index (χ4n) is 4.13. The van der Waals surface area contributed by atoms with Gasteiger partial charge < -0.3 is 4.90 Å². The van der Waals surface area contributed by atoms with E-state index in [1.165, 1.54) is 37.0 Å². The Morgan fingerprint density at radius 1 is 1.06 bits per heavy atom. The van der Waals surface area contributed by atoms with Gasteiger partial charge in [-0.1, -0.05) is 31.0 Å². The highest BCUT2D eigenvalue weighted by molar-refractivity contribution is 8.00. The van der Waals surface area contributed by atoms with Crippen LogP contribution in [0, 0.1) is 5.92 Å². The molecule has 18 heavy (non-hydrogen) atoms. The fourth-order valence-corrected chi connectivity index (χ4v) is 5.76. The summed E-state index contributed by atoms with van der Waals surface area (Å²) in [4.78, 5) is 1.51. The number of nitrogens with two attached hydrogens (primary N) is 1. The van der Waals surface area contributed by atoms with Gasteiger partial charge in [0.15, 0.2) is 5.50 Å². The van der Waals surface area contributed by atoms with Crippen LogP contribution < -0.4 is 10.6 Å². The molecule has 6 unspecified atom stereocenters. The Morgan fingerprint density at radius 2 is 1.78 bits per heavy atom. The van der Waals surface area contributed by atoms with Crippen LogP contribution in [0.4, 0.5) is 4.39 Å². The number of rotatable bonds is 2. The summed E-state index contributed by atoms with van der Waals surface area (Å²) in [6.07, 6.45) is 8.96.